The van der Waals surface area contributed by atoms with Crippen LogP contribution in [-0.4, -0.2) is 58.7 Å². The number of pyridine rings is 1. The number of carbonyl (C=O) groups is 3. The van der Waals surface area contributed by atoms with E-state index in [-0.39, 0.29) is 24.3 Å². The monoisotopic (exact) mass is 859 g/mol. The van der Waals surface area contributed by atoms with Crippen LogP contribution in [0.5, 0.6) is 23.0 Å². The van der Waals surface area contributed by atoms with Crippen LogP contribution in [0, 0.1) is 0 Å². The van der Waals surface area contributed by atoms with E-state index in [1.54, 1.807) is 60.8 Å². The summed E-state index contributed by atoms with van der Waals surface area (Å²) in [6.07, 6.45) is 3.31. The number of rotatable bonds is 16. The first-order valence-corrected chi connectivity index (χ1v) is 21.0. The second kappa shape index (κ2) is 19.0. The molecule has 1 heterocycles. The van der Waals surface area contributed by atoms with Crippen molar-refractivity contribution in [3.63, 3.8) is 0 Å². The maximum atomic E-state index is 13.4. The maximum Gasteiger partial charge on any atom is 0.324 e. The largest absolute Gasteiger partial charge is 0.496 e. The number of carboxylic acid groups (broad SMARTS) is 1. The number of methoxy groups -OCH3 is 2. The summed E-state index contributed by atoms with van der Waals surface area (Å²) in [5.74, 6) is 0.650. The quantitative estimate of drug-likeness (QED) is 0.0549. The molecule has 0 bridgehead atoms. The van der Waals surface area contributed by atoms with Gasteiger partial charge in [-0.25, -0.2) is 14.0 Å². The zero-order chi connectivity index (χ0) is 44.7. The van der Waals surface area contributed by atoms with Gasteiger partial charge in [-0.2, -0.15) is 0 Å². The number of benzene rings is 5. The van der Waals surface area contributed by atoms with E-state index in [9.17, 15) is 18.6 Å². The summed E-state index contributed by atoms with van der Waals surface area (Å²) >= 11 is 0. The van der Waals surface area contributed by atoms with Crippen molar-refractivity contribution in [3.8, 4) is 23.0 Å². The minimum absolute atomic E-state index is 0.201. The van der Waals surface area contributed by atoms with Gasteiger partial charge < -0.3 is 46.1 Å². The van der Waals surface area contributed by atoms with Crippen molar-refractivity contribution in [2.24, 2.45) is 11.5 Å². The predicted molar refractivity (Wildman–Crippen MR) is 243 cm³/mol. The number of ether oxygens (including phenoxy) is 3. The molecule has 322 valence electrons. The van der Waals surface area contributed by atoms with Gasteiger partial charge in [-0.3, -0.25) is 14.5 Å². The van der Waals surface area contributed by atoms with Gasteiger partial charge in [-0.1, -0.05) is 69.3 Å². The number of nitrogens with two attached hydrogens (primary N) is 2. The molecule has 0 aliphatic heterocycles. The molecule has 0 saturated heterocycles. The smallest absolute Gasteiger partial charge is 0.324 e. The highest BCUT2D eigenvalue weighted by atomic mass is 32.2. The number of fused-ring (bicyclic) bond motifs is 1. The molecule has 2 atom stereocenters. The zero-order valence-corrected chi connectivity index (χ0v) is 36.0. The van der Waals surface area contributed by atoms with E-state index in [4.69, 9.17) is 30.8 Å². The molecule has 8 N–H and O–H groups in total. The number of aromatic nitrogens is 1. The van der Waals surface area contributed by atoms with Crippen LogP contribution < -0.4 is 45.9 Å². The third kappa shape index (κ3) is 10.4. The molecule has 15 nitrogen and oxygen atoms in total. The fourth-order valence-corrected chi connectivity index (χ4v) is 7.21. The minimum Gasteiger partial charge on any atom is -0.496 e. The van der Waals surface area contributed by atoms with Crippen molar-refractivity contribution < 1.29 is 37.9 Å². The number of urea groups is 1. The zero-order valence-electron chi connectivity index (χ0n) is 35.1. The standard InChI is InChI=1S/C46H49N7O8S/c1-46(2,3)29-22-36(52-62(6)58)42(60-5)38(23-29)53(45(48)57)37-17-18-39(33-10-8-7-9-32(33)37)61-31-19-20-49-41(25-31)51-30-15-16-34(40(24-30)59-4)43(54)50-26-28-13-11-27(12-14-28)21-35(47)44(55)56/h7-20,22-25,35,52H,21,26,47H2,1-6H3,(H2,48,57)(H,49,51)(H,50,54)(H,55,56)/t35-,62?/m1/s1. The summed E-state index contributed by atoms with van der Waals surface area (Å²) in [5, 5.41) is 16.6. The Hall–Kier alpha value is -7.17. The molecule has 3 amide bonds. The van der Waals surface area contributed by atoms with Crippen LogP contribution in [0.3, 0.4) is 0 Å². The third-order valence-electron chi connectivity index (χ3n) is 9.88. The molecule has 5 aromatic carbocycles. The van der Waals surface area contributed by atoms with Gasteiger partial charge in [-0.05, 0) is 71.0 Å². The Kier molecular flexibility index (Phi) is 13.6. The van der Waals surface area contributed by atoms with E-state index in [0.29, 0.717) is 67.9 Å². The van der Waals surface area contributed by atoms with Gasteiger partial charge in [0.05, 0.1) is 36.8 Å². The topological polar surface area (TPSA) is 220 Å². The van der Waals surface area contributed by atoms with Crippen molar-refractivity contribution in [1.82, 2.24) is 10.3 Å². The van der Waals surface area contributed by atoms with E-state index in [2.05, 4.69) is 20.3 Å². The summed E-state index contributed by atoms with van der Waals surface area (Å²) in [4.78, 5) is 43.5. The molecule has 0 aliphatic carbocycles. The number of aliphatic carboxylic acids is 1. The van der Waals surface area contributed by atoms with Crippen molar-refractivity contribution in [2.75, 3.05) is 35.4 Å². The molecule has 0 saturated carbocycles. The SMILES string of the molecule is COc1cc(Nc2cc(Oc3ccc(N(C(N)=O)c4cc(C(C)(C)C)cc(NS(C)=O)c4OC)c4ccccc34)ccn2)ccc1C(=O)NCc1ccc(C[C@@H](N)C(=O)O)cc1. The van der Waals surface area contributed by atoms with Crippen molar-refractivity contribution in [3.05, 3.63) is 132 Å². The lowest BCUT2D eigenvalue weighted by Gasteiger charge is -2.29. The van der Waals surface area contributed by atoms with Crippen molar-refractivity contribution >= 4 is 68.2 Å². The molecule has 6 aromatic rings. The lowest BCUT2D eigenvalue weighted by molar-refractivity contribution is -0.138. The summed E-state index contributed by atoms with van der Waals surface area (Å²) in [7, 11) is 1.52. The Morgan fingerprint density at radius 3 is 2.21 bits per heavy atom. The highest BCUT2D eigenvalue weighted by molar-refractivity contribution is 7.85. The molecule has 6 rings (SSSR count). The Morgan fingerprint density at radius 2 is 1.56 bits per heavy atom. The van der Waals surface area contributed by atoms with Crippen LogP contribution in [0.25, 0.3) is 10.8 Å². The third-order valence-corrected chi connectivity index (χ3v) is 10.4. The Labute approximate surface area is 362 Å². The first-order chi connectivity index (χ1) is 29.6. The number of primary amides is 1. The Bertz CT molecular complexity index is 2650. The normalized spacial score (nSPS) is 12.2. The number of nitrogens with zero attached hydrogens (tertiary/aromatic N) is 2. The van der Waals surface area contributed by atoms with Gasteiger partial charge in [0.2, 0.25) is 0 Å². The van der Waals surface area contributed by atoms with Gasteiger partial charge in [0.15, 0.2) is 5.75 Å². The highest BCUT2D eigenvalue weighted by Gasteiger charge is 2.28. The van der Waals surface area contributed by atoms with Crippen molar-refractivity contribution in [1.29, 1.82) is 0 Å². The Morgan fingerprint density at radius 1 is 0.855 bits per heavy atom. The van der Waals surface area contributed by atoms with Crippen LogP contribution in [0.2, 0.25) is 0 Å². The number of anilines is 5. The van der Waals surface area contributed by atoms with E-state index in [1.165, 1.54) is 25.4 Å². The average molecular weight is 860 g/mol. The number of carboxylic acids is 1. The summed E-state index contributed by atoms with van der Waals surface area (Å²) < 4.78 is 33.1. The lowest BCUT2D eigenvalue weighted by Crippen LogP contribution is -2.32. The molecule has 1 aromatic heterocycles. The number of hydrogen-bond acceptors (Lipinski definition) is 10. The van der Waals surface area contributed by atoms with Crippen LogP contribution in [0.4, 0.5) is 33.4 Å². The molecule has 62 heavy (non-hydrogen) atoms. The van der Waals surface area contributed by atoms with Gasteiger partial charge in [-0.15, -0.1) is 0 Å². The average Bonchev–Trinajstić information content (AvgIpc) is 3.23. The van der Waals surface area contributed by atoms with Gasteiger partial charge in [0, 0.05) is 47.6 Å². The van der Waals surface area contributed by atoms with Gasteiger partial charge >= 0.3 is 12.0 Å². The van der Waals surface area contributed by atoms with Gasteiger partial charge in [0.25, 0.3) is 5.91 Å². The second-order valence-corrected chi connectivity index (χ2v) is 16.5. The van der Waals surface area contributed by atoms with Crippen LogP contribution in [0.15, 0.2) is 109 Å². The highest BCUT2D eigenvalue weighted by Crippen LogP contribution is 2.46. The number of amides is 3. The first kappa shape index (κ1) is 44.4. The molecule has 0 aliphatic rings. The number of nitrogens with one attached hydrogen (secondary N) is 3. The summed E-state index contributed by atoms with van der Waals surface area (Å²) in [5.41, 5.74) is 16.1. The molecular formula is C46H49N7O8S. The molecule has 0 radical (unpaired) electrons. The second-order valence-electron chi connectivity index (χ2n) is 15.4. The predicted octanol–water partition coefficient (Wildman–Crippen LogP) is 7.89. The summed E-state index contributed by atoms with van der Waals surface area (Å²) in [6.45, 7) is 6.35. The minimum atomic E-state index is -1.44. The molecule has 16 heteroatoms. The number of hydrogen-bond donors (Lipinski definition) is 6. The van der Waals surface area contributed by atoms with E-state index in [1.807, 2.05) is 69.3 Å². The van der Waals surface area contributed by atoms with Crippen LogP contribution in [-0.2, 0) is 34.2 Å². The molecule has 0 fully saturated rings. The van der Waals surface area contributed by atoms with Crippen LogP contribution >= 0.6 is 0 Å². The van der Waals surface area contributed by atoms with Crippen LogP contribution in [0.1, 0.15) is 47.8 Å². The Balaban J connectivity index is 1.22. The molecular weight excluding hydrogens is 811 g/mol. The van der Waals surface area contributed by atoms with E-state index in [0.717, 1.165) is 16.7 Å². The van der Waals surface area contributed by atoms with E-state index < -0.39 is 29.0 Å². The van der Waals surface area contributed by atoms with Crippen molar-refractivity contribution in [2.45, 2.75) is 45.2 Å². The first-order valence-electron chi connectivity index (χ1n) is 19.4. The van der Waals surface area contributed by atoms with Gasteiger partial charge in [0.1, 0.15) is 40.1 Å². The fourth-order valence-electron chi connectivity index (χ4n) is 6.75. The lowest BCUT2D eigenvalue weighted by atomic mass is 9.86. The fraction of sp³-hybridized carbons (Fsp3) is 0.217. The summed E-state index contributed by atoms with van der Waals surface area (Å²) in [6, 6.07) is 28.6. The molecule has 0 spiro atoms. The van der Waals surface area contributed by atoms with E-state index >= 15 is 0 Å². The molecule has 1 unspecified atom stereocenters. The maximum absolute atomic E-state index is 13.4. The number of carbonyl (C=O) groups excluding carboxylic acids is 2.